The van der Waals surface area contributed by atoms with Gasteiger partial charge in [-0.05, 0) is 37.8 Å². The molecule has 0 unspecified atom stereocenters. The van der Waals surface area contributed by atoms with E-state index in [9.17, 15) is 4.39 Å². The number of hydrogen-bond acceptors (Lipinski definition) is 2. The van der Waals surface area contributed by atoms with E-state index in [1.54, 1.807) is 0 Å². The Hall–Kier alpha value is -0.700. The number of aryl methyl sites for hydroxylation is 1. The van der Waals surface area contributed by atoms with E-state index in [0.29, 0.717) is 17.3 Å². The molecule has 0 aliphatic rings. The van der Waals surface area contributed by atoms with Crippen molar-refractivity contribution >= 4 is 11.8 Å². The second-order valence-corrected chi connectivity index (χ2v) is 3.53. The first kappa shape index (κ1) is 10.4. The topological polar surface area (TPSA) is 9.23 Å². The summed E-state index contributed by atoms with van der Waals surface area (Å²) in [6, 6.07) is 3.38. The molecule has 1 rings (SSSR count). The number of benzene rings is 1. The van der Waals surface area contributed by atoms with Gasteiger partial charge in [0, 0.05) is 0 Å². The van der Waals surface area contributed by atoms with Crippen LogP contribution in [-0.4, -0.2) is 12.9 Å². The minimum Gasteiger partial charge on any atom is -0.493 e. The van der Waals surface area contributed by atoms with Crippen LogP contribution < -0.4 is 4.74 Å². The molecule has 72 valence electrons. The van der Waals surface area contributed by atoms with E-state index < -0.39 is 0 Å². The average Bonchev–Trinajstić information content (AvgIpc) is 2.04. The van der Waals surface area contributed by atoms with Gasteiger partial charge in [0.2, 0.25) is 0 Å². The molecule has 13 heavy (non-hydrogen) atoms. The Morgan fingerprint density at radius 2 is 2.15 bits per heavy atom. The second-order valence-electron chi connectivity index (χ2n) is 2.71. The summed E-state index contributed by atoms with van der Waals surface area (Å²) < 4.78 is 18.7. The van der Waals surface area contributed by atoms with Gasteiger partial charge in [0.1, 0.15) is 11.6 Å². The summed E-state index contributed by atoms with van der Waals surface area (Å²) in [4.78, 5) is 0.590. The Bertz CT molecular complexity index is 299. The standard InChI is InChI=1S/C10H13FOS/c1-4-12-9-6-7(2)5-8(11)10(9)13-3/h5-6H,4H2,1-3H3. The van der Waals surface area contributed by atoms with Crippen molar-refractivity contribution in [2.75, 3.05) is 12.9 Å². The lowest BCUT2D eigenvalue weighted by atomic mass is 10.2. The third-order valence-electron chi connectivity index (χ3n) is 1.66. The van der Waals surface area contributed by atoms with Crippen LogP contribution in [0.3, 0.4) is 0 Å². The van der Waals surface area contributed by atoms with Crippen molar-refractivity contribution in [3.63, 3.8) is 0 Å². The van der Waals surface area contributed by atoms with Crippen LogP contribution in [0.5, 0.6) is 5.75 Å². The van der Waals surface area contributed by atoms with Gasteiger partial charge in [-0.15, -0.1) is 11.8 Å². The molecule has 1 nitrogen and oxygen atoms in total. The normalized spacial score (nSPS) is 10.2. The fourth-order valence-electron chi connectivity index (χ4n) is 1.16. The molecule has 1 aromatic carbocycles. The highest BCUT2D eigenvalue weighted by Gasteiger charge is 2.09. The Balaban J connectivity index is 3.13. The van der Waals surface area contributed by atoms with E-state index in [4.69, 9.17) is 4.74 Å². The van der Waals surface area contributed by atoms with Crippen LogP contribution in [0.25, 0.3) is 0 Å². The summed E-state index contributed by atoms with van der Waals surface area (Å²) in [6.07, 6.45) is 1.84. The van der Waals surface area contributed by atoms with Crippen LogP contribution in [0.15, 0.2) is 17.0 Å². The molecule has 0 aliphatic heterocycles. The first-order valence-electron chi connectivity index (χ1n) is 4.16. The third kappa shape index (κ3) is 2.37. The van der Waals surface area contributed by atoms with Gasteiger partial charge in [-0.1, -0.05) is 0 Å². The lowest BCUT2D eigenvalue weighted by Gasteiger charge is -2.09. The fraction of sp³-hybridized carbons (Fsp3) is 0.400. The Morgan fingerprint density at radius 1 is 1.46 bits per heavy atom. The van der Waals surface area contributed by atoms with Crippen molar-refractivity contribution in [1.82, 2.24) is 0 Å². The van der Waals surface area contributed by atoms with Crippen molar-refractivity contribution in [1.29, 1.82) is 0 Å². The van der Waals surface area contributed by atoms with Gasteiger partial charge < -0.3 is 4.74 Å². The molecule has 0 N–H and O–H groups in total. The number of halogens is 1. The summed E-state index contributed by atoms with van der Waals surface area (Å²) >= 11 is 1.37. The number of rotatable bonds is 3. The zero-order valence-corrected chi connectivity index (χ0v) is 8.87. The van der Waals surface area contributed by atoms with Gasteiger partial charge in [-0.25, -0.2) is 4.39 Å². The molecule has 3 heteroatoms. The Morgan fingerprint density at radius 3 is 2.69 bits per heavy atom. The molecular weight excluding hydrogens is 187 g/mol. The predicted molar refractivity (Wildman–Crippen MR) is 54.1 cm³/mol. The maximum Gasteiger partial charge on any atom is 0.140 e. The molecule has 0 atom stereocenters. The molecule has 0 bridgehead atoms. The zero-order valence-electron chi connectivity index (χ0n) is 8.06. The Labute approximate surface area is 82.3 Å². The second kappa shape index (κ2) is 4.51. The van der Waals surface area contributed by atoms with Gasteiger partial charge in [-0.2, -0.15) is 0 Å². The predicted octanol–water partition coefficient (Wildman–Crippen LogP) is 3.25. The molecule has 0 heterocycles. The SMILES string of the molecule is CCOc1cc(C)cc(F)c1SC. The van der Waals surface area contributed by atoms with Gasteiger partial charge >= 0.3 is 0 Å². The van der Waals surface area contributed by atoms with E-state index in [-0.39, 0.29) is 5.82 Å². The lowest BCUT2D eigenvalue weighted by molar-refractivity contribution is 0.328. The van der Waals surface area contributed by atoms with E-state index in [1.807, 2.05) is 26.2 Å². The molecule has 1 aromatic rings. The van der Waals surface area contributed by atoms with E-state index in [0.717, 1.165) is 5.56 Å². The average molecular weight is 200 g/mol. The summed E-state index contributed by atoms with van der Waals surface area (Å²) in [5, 5.41) is 0. The van der Waals surface area contributed by atoms with Crippen molar-refractivity contribution in [2.24, 2.45) is 0 Å². The summed E-state index contributed by atoms with van der Waals surface area (Å²) in [5.74, 6) is 0.448. The fourth-order valence-corrected chi connectivity index (χ4v) is 1.73. The number of hydrogen-bond donors (Lipinski definition) is 0. The number of thioether (sulfide) groups is 1. The maximum atomic E-state index is 13.3. The minimum atomic E-state index is -0.198. The molecule has 0 fully saturated rings. The third-order valence-corrected chi connectivity index (χ3v) is 2.46. The highest BCUT2D eigenvalue weighted by atomic mass is 32.2. The highest BCUT2D eigenvalue weighted by molar-refractivity contribution is 7.98. The molecule has 0 spiro atoms. The van der Waals surface area contributed by atoms with E-state index in [2.05, 4.69) is 0 Å². The van der Waals surface area contributed by atoms with Crippen molar-refractivity contribution in [3.8, 4) is 5.75 Å². The molecule has 0 saturated heterocycles. The molecule has 0 saturated carbocycles. The lowest BCUT2D eigenvalue weighted by Crippen LogP contribution is -1.96. The monoisotopic (exact) mass is 200 g/mol. The van der Waals surface area contributed by atoms with E-state index in [1.165, 1.54) is 17.8 Å². The van der Waals surface area contributed by atoms with Crippen molar-refractivity contribution in [2.45, 2.75) is 18.7 Å². The summed E-state index contributed by atoms with van der Waals surface area (Å²) in [7, 11) is 0. The van der Waals surface area contributed by atoms with Crippen LogP contribution in [0.1, 0.15) is 12.5 Å². The van der Waals surface area contributed by atoms with Crippen molar-refractivity contribution < 1.29 is 9.13 Å². The van der Waals surface area contributed by atoms with Crippen molar-refractivity contribution in [3.05, 3.63) is 23.5 Å². The van der Waals surface area contributed by atoms with Gasteiger partial charge in [0.05, 0.1) is 11.5 Å². The maximum absolute atomic E-state index is 13.3. The van der Waals surface area contributed by atoms with Gasteiger partial charge in [0.25, 0.3) is 0 Å². The van der Waals surface area contributed by atoms with Gasteiger partial charge in [-0.3, -0.25) is 0 Å². The summed E-state index contributed by atoms with van der Waals surface area (Å²) in [6.45, 7) is 4.32. The first-order chi connectivity index (χ1) is 6.19. The van der Waals surface area contributed by atoms with E-state index >= 15 is 0 Å². The van der Waals surface area contributed by atoms with Gasteiger partial charge in [0.15, 0.2) is 0 Å². The van der Waals surface area contributed by atoms with Crippen LogP contribution in [0.4, 0.5) is 4.39 Å². The summed E-state index contributed by atoms with van der Waals surface area (Å²) in [5.41, 5.74) is 0.888. The Kier molecular flexibility index (Phi) is 3.60. The first-order valence-corrected chi connectivity index (χ1v) is 5.38. The zero-order chi connectivity index (χ0) is 9.84. The van der Waals surface area contributed by atoms with Crippen LogP contribution in [-0.2, 0) is 0 Å². The molecule has 0 aromatic heterocycles. The molecular formula is C10H13FOS. The largest absolute Gasteiger partial charge is 0.493 e. The molecule has 0 radical (unpaired) electrons. The van der Waals surface area contributed by atoms with Crippen LogP contribution in [0, 0.1) is 12.7 Å². The molecule has 0 amide bonds. The minimum absolute atomic E-state index is 0.198. The smallest absolute Gasteiger partial charge is 0.140 e. The number of ether oxygens (including phenoxy) is 1. The van der Waals surface area contributed by atoms with Crippen LogP contribution >= 0.6 is 11.8 Å². The highest BCUT2D eigenvalue weighted by Crippen LogP contribution is 2.31. The quantitative estimate of drug-likeness (QED) is 0.693. The molecule has 0 aliphatic carbocycles. The van der Waals surface area contributed by atoms with Crippen LogP contribution in [0.2, 0.25) is 0 Å².